The molecule has 32 heavy (non-hydrogen) atoms. The summed E-state index contributed by atoms with van der Waals surface area (Å²) in [6.07, 6.45) is 5.42. The van der Waals surface area contributed by atoms with E-state index in [9.17, 15) is 24.9 Å². The highest BCUT2D eigenvalue weighted by Crippen LogP contribution is 2.33. The molecule has 1 saturated heterocycles. The fraction of sp³-hybridized carbons (Fsp3) is 0.667. The topological polar surface area (TPSA) is 119 Å². The standard InChI is InChI=1S/C24H36N2O6/c1-15(2)18-11-19(22(29)12-21(18)28)23(30)26-9-7-16(8-10-26)13-25-20(14-27)24(31)32-17-5-3-4-6-17/h11-12,15-17,20,25,27-29H,3-10,13-14H2,1-2H3/t20-/m0/s1. The van der Waals surface area contributed by atoms with Gasteiger partial charge in [0.15, 0.2) is 0 Å². The summed E-state index contributed by atoms with van der Waals surface area (Å²) in [7, 11) is 0. The van der Waals surface area contributed by atoms with Gasteiger partial charge in [-0.15, -0.1) is 0 Å². The zero-order chi connectivity index (χ0) is 23.3. The molecule has 0 aromatic heterocycles. The average Bonchev–Trinajstić information content (AvgIpc) is 3.27. The minimum Gasteiger partial charge on any atom is -0.508 e. The lowest BCUT2D eigenvalue weighted by Crippen LogP contribution is -2.46. The molecule has 4 N–H and O–H groups in total. The smallest absolute Gasteiger partial charge is 0.325 e. The molecule has 3 rings (SSSR count). The summed E-state index contributed by atoms with van der Waals surface area (Å²) in [5.41, 5.74) is 0.836. The third kappa shape index (κ3) is 5.92. The first-order valence-corrected chi connectivity index (χ1v) is 11.7. The lowest BCUT2D eigenvalue weighted by molar-refractivity contribution is -0.152. The Balaban J connectivity index is 1.50. The highest BCUT2D eigenvalue weighted by atomic mass is 16.5. The molecule has 0 spiro atoms. The van der Waals surface area contributed by atoms with Gasteiger partial charge in [0.1, 0.15) is 23.6 Å². The van der Waals surface area contributed by atoms with Crippen LogP contribution in [-0.2, 0) is 9.53 Å². The number of rotatable bonds is 8. The van der Waals surface area contributed by atoms with Gasteiger partial charge in [-0.1, -0.05) is 13.8 Å². The minimum atomic E-state index is -0.723. The monoisotopic (exact) mass is 448 g/mol. The van der Waals surface area contributed by atoms with Gasteiger partial charge in [-0.2, -0.15) is 0 Å². The van der Waals surface area contributed by atoms with Crippen LogP contribution < -0.4 is 5.32 Å². The molecule has 1 aromatic rings. The van der Waals surface area contributed by atoms with E-state index in [1.165, 1.54) is 6.07 Å². The Labute approximate surface area is 189 Å². The lowest BCUT2D eigenvalue weighted by atomic mass is 9.94. The molecule has 0 bridgehead atoms. The zero-order valence-corrected chi connectivity index (χ0v) is 19.0. The van der Waals surface area contributed by atoms with Crippen LogP contribution in [0.3, 0.4) is 0 Å². The molecule has 2 aliphatic rings. The molecule has 2 fully saturated rings. The van der Waals surface area contributed by atoms with Crippen LogP contribution in [0.25, 0.3) is 0 Å². The second kappa shape index (κ2) is 11.0. The van der Waals surface area contributed by atoms with Crippen LogP contribution in [0, 0.1) is 5.92 Å². The number of hydrogen-bond acceptors (Lipinski definition) is 7. The number of piperidine rings is 1. The summed E-state index contributed by atoms with van der Waals surface area (Å²) in [4.78, 5) is 27.0. The summed E-state index contributed by atoms with van der Waals surface area (Å²) < 4.78 is 5.49. The molecule has 1 atom stereocenters. The van der Waals surface area contributed by atoms with Crippen molar-refractivity contribution < 1.29 is 29.6 Å². The van der Waals surface area contributed by atoms with Crippen molar-refractivity contribution in [3.05, 3.63) is 23.3 Å². The molecule has 0 unspecified atom stereocenters. The number of phenolic OH excluding ortho intramolecular Hbond substituents is 2. The van der Waals surface area contributed by atoms with Crippen LogP contribution >= 0.6 is 0 Å². The Morgan fingerprint density at radius 1 is 1.09 bits per heavy atom. The van der Waals surface area contributed by atoms with Crippen LogP contribution in [0.5, 0.6) is 11.5 Å². The van der Waals surface area contributed by atoms with Crippen LogP contribution in [0.1, 0.15) is 74.2 Å². The molecule has 0 radical (unpaired) electrons. The van der Waals surface area contributed by atoms with Crippen molar-refractivity contribution in [1.82, 2.24) is 10.2 Å². The van der Waals surface area contributed by atoms with Gasteiger partial charge in [-0.25, -0.2) is 0 Å². The van der Waals surface area contributed by atoms with Gasteiger partial charge in [0.2, 0.25) is 0 Å². The van der Waals surface area contributed by atoms with Crippen LogP contribution in [0.15, 0.2) is 12.1 Å². The predicted molar refractivity (Wildman–Crippen MR) is 120 cm³/mol. The highest BCUT2D eigenvalue weighted by Gasteiger charge is 2.29. The quantitative estimate of drug-likeness (QED) is 0.451. The maximum Gasteiger partial charge on any atom is 0.325 e. The zero-order valence-electron chi connectivity index (χ0n) is 19.0. The molecule has 8 nitrogen and oxygen atoms in total. The van der Waals surface area contributed by atoms with E-state index >= 15 is 0 Å². The molecule has 8 heteroatoms. The Morgan fingerprint density at radius 2 is 1.75 bits per heavy atom. The van der Waals surface area contributed by atoms with Crippen molar-refractivity contribution in [2.75, 3.05) is 26.2 Å². The second-order valence-electron chi connectivity index (χ2n) is 9.31. The first kappa shape index (κ1) is 24.3. The van der Waals surface area contributed by atoms with Crippen molar-refractivity contribution in [3.8, 4) is 11.5 Å². The SMILES string of the molecule is CC(C)c1cc(C(=O)N2CCC(CN[C@@H](CO)C(=O)OC3CCCC3)CC2)c(O)cc1O. The number of nitrogens with zero attached hydrogens (tertiary/aromatic N) is 1. The molecular formula is C24H36N2O6. The van der Waals surface area contributed by atoms with E-state index in [2.05, 4.69) is 5.32 Å². The number of ether oxygens (including phenoxy) is 1. The Kier molecular flexibility index (Phi) is 8.37. The van der Waals surface area contributed by atoms with E-state index in [0.717, 1.165) is 38.5 Å². The van der Waals surface area contributed by atoms with E-state index in [-0.39, 0.29) is 47.5 Å². The Bertz CT molecular complexity index is 798. The van der Waals surface area contributed by atoms with Gasteiger partial charge in [0.25, 0.3) is 5.91 Å². The Morgan fingerprint density at radius 3 is 2.34 bits per heavy atom. The number of likely N-dealkylation sites (tertiary alicyclic amines) is 1. The van der Waals surface area contributed by atoms with Crippen molar-refractivity contribution in [1.29, 1.82) is 0 Å². The number of aliphatic hydroxyl groups excluding tert-OH is 1. The number of aromatic hydroxyl groups is 2. The first-order valence-electron chi connectivity index (χ1n) is 11.7. The predicted octanol–water partition coefficient (Wildman–Crippen LogP) is 2.51. The summed E-state index contributed by atoms with van der Waals surface area (Å²) in [5, 5.41) is 32.9. The van der Waals surface area contributed by atoms with Gasteiger partial charge < -0.3 is 30.3 Å². The number of nitrogens with one attached hydrogen (secondary N) is 1. The van der Waals surface area contributed by atoms with Gasteiger partial charge in [0.05, 0.1) is 12.2 Å². The van der Waals surface area contributed by atoms with Crippen LogP contribution in [0.4, 0.5) is 0 Å². The number of aliphatic hydroxyl groups is 1. The van der Waals surface area contributed by atoms with Gasteiger partial charge in [0, 0.05) is 19.2 Å². The molecule has 1 heterocycles. The molecule has 1 aromatic carbocycles. The summed E-state index contributed by atoms with van der Waals surface area (Å²) in [5.74, 6) is -0.568. The number of hydrogen-bond donors (Lipinski definition) is 4. The Hall–Kier alpha value is -2.32. The van der Waals surface area contributed by atoms with Gasteiger partial charge in [-0.05, 0) is 68.5 Å². The number of carbonyl (C=O) groups excluding carboxylic acids is 2. The molecule has 1 amide bonds. The fourth-order valence-electron chi connectivity index (χ4n) is 4.52. The first-order chi connectivity index (χ1) is 15.3. The number of phenols is 2. The highest BCUT2D eigenvalue weighted by molar-refractivity contribution is 5.97. The van der Waals surface area contributed by atoms with Crippen LogP contribution in [-0.4, -0.2) is 70.5 Å². The van der Waals surface area contributed by atoms with Gasteiger partial charge in [-0.3, -0.25) is 9.59 Å². The lowest BCUT2D eigenvalue weighted by Gasteiger charge is -2.33. The van der Waals surface area contributed by atoms with E-state index in [1.54, 1.807) is 11.0 Å². The van der Waals surface area contributed by atoms with Crippen molar-refractivity contribution in [3.63, 3.8) is 0 Å². The maximum absolute atomic E-state index is 13.0. The van der Waals surface area contributed by atoms with E-state index in [4.69, 9.17) is 4.74 Å². The van der Waals surface area contributed by atoms with E-state index in [1.807, 2.05) is 13.8 Å². The third-order valence-corrected chi connectivity index (χ3v) is 6.60. The van der Waals surface area contributed by atoms with Crippen molar-refractivity contribution in [2.45, 2.75) is 70.4 Å². The number of carbonyl (C=O) groups is 2. The molecule has 1 aliphatic carbocycles. The molecule has 178 valence electrons. The molecular weight excluding hydrogens is 412 g/mol. The van der Waals surface area contributed by atoms with E-state index < -0.39 is 12.0 Å². The second-order valence-corrected chi connectivity index (χ2v) is 9.31. The number of amides is 1. The summed E-state index contributed by atoms with van der Waals surface area (Å²) >= 11 is 0. The van der Waals surface area contributed by atoms with Crippen LogP contribution in [0.2, 0.25) is 0 Å². The van der Waals surface area contributed by atoms with Gasteiger partial charge >= 0.3 is 5.97 Å². The maximum atomic E-state index is 13.0. The molecule has 1 aliphatic heterocycles. The number of esters is 1. The normalized spacial score (nSPS) is 18.8. The van der Waals surface area contributed by atoms with Crippen molar-refractivity contribution >= 4 is 11.9 Å². The van der Waals surface area contributed by atoms with Crippen molar-refractivity contribution in [2.24, 2.45) is 5.92 Å². The largest absolute Gasteiger partial charge is 0.508 e. The van der Waals surface area contributed by atoms with E-state index in [0.29, 0.717) is 25.2 Å². The number of benzene rings is 1. The summed E-state index contributed by atoms with van der Waals surface area (Å²) in [6.45, 7) is 5.18. The molecule has 1 saturated carbocycles. The minimum absolute atomic E-state index is 0.0104. The third-order valence-electron chi connectivity index (χ3n) is 6.60. The summed E-state index contributed by atoms with van der Waals surface area (Å²) in [6, 6.07) is 2.09. The fourth-order valence-corrected chi connectivity index (χ4v) is 4.52. The average molecular weight is 449 g/mol.